The van der Waals surface area contributed by atoms with Gasteiger partial charge in [0.25, 0.3) is 5.91 Å². The molecule has 4 N–H and O–H groups in total. The van der Waals surface area contributed by atoms with E-state index >= 15 is 4.39 Å². The van der Waals surface area contributed by atoms with Gasteiger partial charge in [-0.1, -0.05) is 13.8 Å². The first-order valence-corrected chi connectivity index (χ1v) is 10.3. The van der Waals surface area contributed by atoms with Crippen LogP contribution >= 0.6 is 0 Å². The normalized spacial score (nSPS) is 24.2. The fourth-order valence-electron chi connectivity index (χ4n) is 3.54. The van der Waals surface area contributed by atoms with Crippen molar-refractivity contribution in [2.45, 2.75) is 38.7 Å². The minimum atomic E-state index is -4.25. The van der Waals surface area contributed by atoms with Crippen LogP contribution in [0.1, 0.15) is 31.4 Å². The number of phenols is 1. The maximum atomic E-state index is 15.2. The molecule has 8 nitrogen and oxygen atoms in total. The van der Waals surface area contributed by atoms with Gasteiger partial charge >= 0.3 is 10.2 Å². The van der Waals surface area contributed by atoms with E-state index in [2.05, 4.69) is 5.32 Å². The van der Waals surface area contributed by atoms with Crippen molar-refractivity contribution >= 4 is 21.8 Å². The lowest BCUT2D eigenvalue weighted by Crippen LogP contribution is -2.46. The Balaban J connectivity index is 1.94. The summed E-state index contributed by atoms with van der Waals surface area (Å²) in [7, 11) is -4.25. The number of aromatic hydroxyl groups is 1. The number of hydrogen-bond acceptors (Lipinski definition) is 6. The standard InChI is InChI=1S/C17H24FN3O5S/c1-10(2)7-19-9-17(24)4-3-11-5-13(22)16(15(18)12(11)6-17)21-8-14(23)20-27(21,25)26/h5,10,19,22,24H,3-4,6-9H2,1-2H3,(H,20,23). The van der Waals surface area contributed by atoms with E-state index < -0.39 is 45.5 Å². The molecule has 1 unspecified atom stereocenters. The molecule has 150 valence electrons. The Morgan fingerprint density at radius 1 is 1.44 bits per heavy atom. The van der Waals surface area contributed by atoms with E-state index in [0.717, 1.165) is 0 Å². The topological polar surface area (TPSA) is 119 Å². The van der Waals surface area contributed by atoms with Crippen molar-refractivity contribution in [1.82, 2.24) is 10.0 Å². The van der Waals surface area contributed by atoms with E-state index in [4.69, 9.17) is 0 Å². The van der Waals surface area contributed by atoms with Gasteiger partial charge in [-0.2, -0.15) is 8.42 Å². The van der Waals surface area contributed by atoms with Gasteiger partial charge in [0.15, 0.2) is 5.82 Å². The Labute approximate surface area is 157 Å². The largest absolute Gasteiger partial charge is 0.506 e. The Morgan fingerprint density at radius 3 is 2.74 bits per heavy atom. The number of fused-ring (bicyclic) bond motifs is 1. The summed E-state index contributed by atoms with van der Waals surface area (Å²) in [5.41, 5.74) is -1.04. The van der Waals surface area contributed by atoms with E-state index in [0.29, 0.717) is 35.2 Å². The molecule has 1 saturated heterocycles. The number of anilines is 1. The van der Waals surface area contributed by atoms with Gasteiger partial charge < -0.3 is 15.5 Å². The van der Waals surface area contributed by atoms with Crippen LogP contribution in [0.25, 0.3) is 0 Å². The van der Waals surface area contributed by atoms with Crippen LogP contribution in [-0.4, -0.2) is 49.8 Å². The predicted octanol–water partition coefficient (Wildman–Crippen LogP) is 0.178. The zero-order chi connectivity index (χ0) is 20.0. The summed E-state index contributed by atoms with van der Waals surface area (Å²) >= 11 is 0. The number of carbonyl (C=O) groups excluding carboxylic acids is 1. The molecule has 0 saturated carbocycles. The monoisotopic (exact) mass is 401 g/mol. The molecule has 1 heterocycles. The predicted molar refractivity (Wildman–Crippen MR) is 97.2 cm³/mol. The Kier molecular flexibility index (Phi) is 5.08. The summed E-state index contributed by atoms with van der Waals surface area (Å²) in [6.07, 6.45) is 0.733. The zero-order valence-electron chi connectivity index (χ0n) is 15.2. The SMILES string of the molecule is CC(C)CNCC1(O)CCc2cc(O)c(N3CC(=O)NS3(=O)=O)c(F)c2C1. The molecule has 0 spiro atoms. The van der Waals surface area contributed by atoms with Crippen molar-refractivity contribution in [3.05, 3.63) is 23.0 Å². The number of aliphatic hydroxyl groups is 1. The number of aryl methyl sites for hydroxylation is 1. The summed E-state index contributed by atoms with van der Waals surface area (Å²) in [6, 6.07) is 1.31. The van der Waals surface area contributed by atoms with Crippen LogP contribution in [0.3, 0.4) is 0 Å². The number of benzene rings is 1. The third kappa shape index (κ3) is 3.87. The average molecular weight is 401 g/mol. The summed E-state index contributed by atoms with van der Waals surface area (Å²) in [5, 5.41) is 24.2. The third-order valence-corrected chi connectivity index (χ3v) is 6.23. The van der Waals surface area contributed by atoms with Crippen LogP contribution in [0.4, 0.5) is 10.1 Å². The van der Waals surface area contributed by atoms with Crippen molar-refractivity contribution in [3.63, 3.8) is 0 Å². The van der Waals surface area contributed by atoms with Gasteiger partial charge in [-0.25, -0.2) is 13.4 Å². The first kappa shape index (κ1) is 19.8. The molecule has 3 rings (SSSR count). The van der Waals surface area contributed by atoms with E-state index in [1.54, 1.807) is 4.72 Å². The molecule has 1 aromatic carbocycles. The maximum absolute atomic E-state index is 15.2. The molecular formula is C17H24FN3O5S. The van der Waals surface area contributed by atoms with Gasteiger partial charge in [-0.3, -0.25) is 4.79 Å². The number of nitrogens with one attached hydrogen (secondary N) is 2. The highest BCUT2D eigenvalue weighted by atomic mass is 32.2. The fraction of sp³-hybridized carbons (Fsp3) is 0.588. The fourth-order valence-corrected chi connectivity index (χ4v) is 4.71. The van der Waals surface area contributed by atoms with Crippen LogP contribution in [-0.2, 0) is 27.8 Å². The molecule has 27 heavy (non-hydrogen) atoms. The second-order valence-electron chi connectivity index (χ2n) is 7.66. The van der Waals surface area contributed by atoms with Crippen LogP contribution in [0.5, 0.6) is 5.75 Å². The van der Waals surface area contributed by atoms with Crippen molar-refractivity contribution in [1.29, 1.82) is 0 Å². The second-order valence-corrected chi connectivity index (χ2v) is 9.25. The maximum Gasteiger partial charge on any atom is 0.326 e. The number of amides is 1. The summed E-state index contributed by atoms with van der Waals surface area (Å²) in [5.74, 6) is -1.88. The molecule has 0 aromatic heterocycles. The first-order chi connectivity index (χ1) is 12.5. The smallest absolute Gasteiger partial charge is 0.326 e. The van der Waals surface area contributed by atoms with Gasteiger partial charge in [-0.15, -0.1) is 0 Å². The quantitative estimate of drug-likeness (QED) is 0.559. The Bertz CT molecular complexity index is 874. The van der Waals surface area contributed by atoms with E-state index in [1.165, 1.54) is 6.07 Å². The van der Waals surface area contributed by atoms with Gasteiger partial charge in [-0.05, 0) is 42.5 Å². The molecular weight excluding hydrogens is 377 g/mol. The number of phenolic OH excluding ortho intramolecular Hbond substituents is 1. The number of rotatable bonds is 5. The van der Waals surface area contributed by atoms with Gasteiger partial charge in [0, 0.05) is 13.0 Å². The van der Waals surface area contributed by atoms with E-state index in [1.807, 2.05) is 13.8 Å². The van der Waals surface area contributed by atoms with Gasteiger partial charge in [0.1, 0.15) is 18.0 Å². The van der Waals surface area contributed by atoms with Gasteiger partial charge in [0.05, 0.1) is 5.60 Å². The molecule has 0 radical (unpaired) electrons. The van der Waals surface area contributed by atoms with Crippen LogP contribution in [0.15, 0.2) is 6.07 Å². The van der Waals surface area contributed by atoms with E-state index in [9.17, 15) is 23.4 Å². The Hall–Kier alpha value is -1.91. The molecule has 1 aromatic rings. The molecule has 0 bridgehead atoms. The first-order valence-electron chi connectivity index (χ1n) is 8.82. The summed E-state index contributed by atoms with van der Waals surface area (Å²) < 4.78 is 41.5. The third-order valence-electron chi connectivity index (χ3n) is 4.86. The highest BCUT2D eigenvalue weighted by molar-refractivity contribution is 7.92. The minimum absolute atomic E-state index is 0.0121. The molecule has 10 heteroatoms. The van der Waals surface area contributed by atoms with Crippen molar-refractivity contribution in [2.24, 2.45) is 5.92 Å². The molecule has 1 aliphatic heterocycles. The molecule has 1 atom stereocenters. The van der Waals surface area contributed by atoms with Crippen LogP contribution in [0, 0.1) is 11.7 Å². The number of nitrogens with zero attached hydrogens (tertiary/aromatic N) is 1. The summed E-state index contributed by atoms with van der Waals surface area (Å²) in [6.45, 7) is 4.45. The highest BCUT2D eigenvalue weighted by Gasteiger charge is 2.40. The summed E-state index contributed by atoms with van der Waals surface area (Å²) in [4.78, 5) is 11.4. The van der Waals surface area contributed by atoms with Gasteiger partial charge in [0.2, 0.25) is 0 Å². The minimum Gasteiger partial charge on any atom is -0.506 e. The van der Waals surface area contributed by atoms with Crippen molar-refractivity contribution in [3.8, 4) is 5.75 Å². The number of halogens is 1. The van der Waals surface area contributed by atoms with Crippen LogP contribution in [0.2, 0.25) is 0 Å². The molecule has 1 fully saturated rings. The number of carbonyl (C=O) groups is 1. The average Bonchev–Trinajstić information content (AvgIpc) is 2.80. The molecule has 2 aliphatic rings. The molecule has 1 aliphatic carbocycles. The highest BCUT2D eigenvalue weighted by Crippen LogP contribution is 2.41. The lowest BCUT2D eigenvalue weighted by molar-refractivity contribution is -0.117. The van der Waals surface area contributed by atoms with Crippen molar-refractivity contribution in [2.75, 3.05) is 23.9 Å². The lowest BCUT2D eigenvalue weighted by atomic mass is 9.79. The van der Waals surface area contributed by atoms with Crippen LogP contribution < -0.4 is 14.3 Å². The Morgan fingerprint density at radius 2 is 2.15 bits per heavy atom. The second kappa shape index (κ2) is 6.92. The van der Waals surface area contributed by atoms with E-state index in [-0.39, 0.29) is 18.5 Å². The van der Waals surface area contributed by atoms with Crippen molar-refractivity contribution < 1.29 is 27.8 Å². The lowest BCUT2D eigenvalue weighted by Gasteiger charge is -2.35. The molecule has 1 amide bonds. The zero-order valence-corrected chi connectivity index (χ0v) is 16.1. The number of hydrogen-bond donors (Lipinski definition) is 4.